The molecule has 0 unspecified atom stereocenters. The summed E-state index contributed by atoms with van der Waals surface area (Å²) in [4.78, 5) is 44.7. The van der Waals surface area contributed by atoms with Gasteiger partial charge in [-0.25, -0.2) is 4.79 Å². The van der Waals surface area contributed by atoms with Crippen molar-refractivity contribution in [3.8, 4) is 0 Å². The largest absolute Gasteiger partial charge is 0.480 e. The number of amides is 3. The Morgan fingerprint density at radius 2 is 1.77 bits per heavy atom. The van der Waals surface area contributed by atoms with Crippen molar-refractivity contribution >= 4 is 23.7 Å². The van der Waals surface area contributed by atoms with Crippen LogP contribution >= 0.6 is 0 Å². The molecule has 10 nitrogen and oxygen atoms in total. The maximum Gasteiger partial charge on any atom is 0.326 e. The van der Waals surface area contributed by atoms with E-state index in [-0.39, 0.29) is 12.8 Å². The maximum atomic E-state index is 11.6. The van der Waals surface area contributed by atoms with Gasteiger partial charge in [0.1, 0.15) is 6.04 Å². The summed E-state index contributed by atoms with van der Waals surface area (Å²) in [6.45, 7) is 0.0000580. The van der Waals surface area contributed by atoms with E-state index in [1.807, 2.05) is 0 Å². The van der Waals surface area contributed by atoms with E-state index >= 15 is 0 Å². The molecule has 0 aromatic heterocycles. The Bertz CT molecular complexity index is 415. The van der Waals surface area contributed by atoms with Crippen molar-refractivity contribution in [1.29, 1.82) is 0 Å². The zero-order valence-corrected chi connectivity index (χ0v) is 12.2. The molecule has 0 saturated heterocycles. The number of nitrogens with two attached hydrogens (primary N) is 3. The Kier molecular flexibility index (Phi) is 9.46. The van der Waals surface area contributed by atoms with Crippen LogP contribution in [0.25, 0.3) is 0 Å². The van der Waals surface area contributed by atoms with Crippen LogP contribution in [0.5, 0.6) is 0 Å². The third-order valence-corrected chi connectivity index (χ3v) is 2.76. The Morgan fingerprint density at radius 1 is 1.14 bits per heavy atom. The molecular weight excluding hydrogens is 294 g/mol. The Labute approximate surface area is 127 Å². The number of aliphatic carboxylic acids is 1. The van der Waals surface area contributed by atoms with Crippen LogP contribution in [0.4, 0.5) is 0 Å². The minimum Gasteiger partial charge on any atom is -0.480 e. The van der Waals surface area contributed by atoms with Crippen LogP contribution in [0.2, 0.25) is 0 Å². The predicted octanol–water partition coefficient (Wildman–Crippen LogP) is -3.00. The van der Waals surface area contributed by atoms with Gasteiger partial charge in [-0.1, -0.05) is 0 Å². The molecule has 0 saturated carbocycles. The fourth-order valence-corrected chi connectivity index (χ4v) is 1.60. The molecule has 0 aliphatic heterocycles. The first kappa shape index (κ1) is 19.8. The van der Waals surface area contributed by atoms with Crippen LogP contribution in [0.1, 0.15) is 25.7 Å². The normalized spacial score (nSPS) is 13.0. The molecule has 0 aromatic carbocycles. The van der Waals surface area contributed by atoms with Gasteiger partial charge in [-0.3, -0.25) is 14.4 Å². The monoisotopic (exact) mass is 317 g/mol. The molecule has 10 heteroatoms. The fraction of sp³-hybridized carbons (Fsp3) is 0.667. The molecule has 2 atom stereocenters. The highest BCUT2D eigenvalue weighted by atomic mass is 16.4. The summed E-state index contributed by atoms with van der Waals surface area (Å²) in [6.07, 6.45) is 1.11. The molecule has 0 fully saturated rings. The number of nitrogens with one attached hydrogen (secondary N) is 2. The second-order valence-electron chi connectivity index (χ2n) is 4.74. The lowest BCUT2D eigenvalue weighted by Crippen LogP contribution is -2.49. The van der Waals surface area contributed by atoms with Gasteiger partial charge >= 0.3 is 5.97 Å². The van der Waals surface area contributed by atoms with Crippen LogP contribution in [0, 0.1) is 0 Å². The second kappa shape index (κ2) is 10.5. The number of carbonyl (C=O) groups is 4. The summed E-state index contributed by atoms with van der Waals surface area (Å²) < 4.78 is 0. The van der Waals surface area contributed by atoms with Gasteiger partial charge in [-0.05, 0) is 25.8 Å². The zero-order chi connectivity index (χ0) is 17.1. The highest BCUT2D eigenvalue weighted by molar-refractivity contribution is 5.91. The molecule has 9 N–H and O–H groups in total. The number of carboxylic acids is 1. The molecule has 126 valence electrons. The van der Waals surface area contributed by atoms with Crippen molar-refractivity contribution in [2.75, 3.05) is 13.1 Å². The van der Waals surface area contributed by atoms with E-state index in [2.05, 4.69) is 10.6 Å². The smallest absolute Gasteiger partial charge is 0.326 e. The van der Waals surface area contributed by atoms with Gasteiger partial charge in [0.25, 0.3) is 0 Å². The minimum atomic E-state index is -1.16. The molecule has 22 heavy (non-hydrogen) atoms. The molecule has 0 aromatic rings. The van der Waals surface area contributed by atoms with Gasteiger partial charge < -0.3 is 32.9 Å². The fourth-order valence-electron chi connectivity index (χ4n) is 1.60. The molecule has 0 spiro atoms. The lowest BCUT2D eigenvalue weighted by Gasteiger charge is -2.15. The van der Waals surface area contributed by atoms with Gasteiger partial charge in [-0.15, -0.1) is 0 Å². The first-order valence-corrected chi connectivity index (χ1v) is 6.81. The van der Waals surface area contributed by atoms with Crippen molar-refractivity contribution in [2.24, 2.45) is 17.2 Å². The quantitative estimate of drug-likeness (QED) is 0.219. The first-order valence-electron chi connectivity index (χ1n) is 6.81. The van der Waals surface area contributed by atoms with Crippen LogP contribution in [0.15, 0.2) is 0 Å². The third kappa shape index (κ3) is 8.87. The summed E-state index contributed by atoms with van der Waals surface area (Å²) in [5.41, 5.74) is 15.6. The van der Waals surface area contributed by atoms with Crippen LogP contribution in [0.3, 0.4) is 0 Å². The SMILES string of the molecule is NCCCC[C@H](NC(=O)CNC(=O)[C@@H](N)CC(N)=O)C(=O)O. The number of hydrogen-bond donors (Lipinski definition) is 6. The summed E-state index contributed by atoms with van der Waals surface area (Å²) in [5.74, 6) is -3.29. The van der Waals surface area contributed by atoms with Crippen molar-refractivity contribution in [3.63, 3.8) is 0 Å². The average Bonchev–Trinajstić information content (AvgIpc) is 2.42. The van der Waals surface area contributed by atoms with E-state index in [1.165, 1.54) is 0 Å². The number of rotatable bonds is 11. The van der Waals surface area contributed by atoms with Crippen LogP contribution in [-0.2, 0) is 19.2 Å². The van der Waals surface area contributed by atoms with Gasteiger partial charge in [0.05, 0.1) is 19.0 Å². The molecule has 0 heterocycles. The summed E-state index contributed by atoms with van der Waals surface area (Å²) in [5, 5.41) is 13.5. The Balaban J connectivity index is 4.21. The highest BCUT2D eigenvalue weighted by Gasteiger charge is 2.21. The van der Waals surface area contributed by atoms with E-state index in [9.17, 15) is 19.2 Å². The van der Waals surface area contributed by atoms with Gasteiger partial charge in [0, 0.05) is 0 Å². The topological polar surface area (TPSA) is 191 Å². The lowest BCUT2D eigenvalue weighted by atomic mass is 10.1. The number of carboxylic acid groups (broad SMARTS) is 1. The number of primary amides is 1. The summed E-state index contributed by atoms with van der Waals surface area (Å²) in [7, 11) is 0. The molecular formula is C12H23N5O5. The number of unbranched alkanes of at least 4 members (excludes halogenated alkanes) is 1. The standard InChI is InChI=1S/C12H23N5O5/c13-4-2-1-3-8(12(21)22)17-10(19)6-16-11(20)7(14)5-9(15)18/h7-8H,1-6,13-14H2,(H2,15,18)(H,16,20)(H,17,19)(H,21,22)/t7-,8-/m0/s1. The molecule has 0 radical (unpaired) electrons. The molecule has 3 amide bonds. The van der Waals surface area contributed by atoms with Crippen molar-refractivity contribution < 1.29 is 24.3 Å². The molecule has 0 aliphatic rings. The summed E-state index contributed by atoms with van der Waals surface area (Å²) >= 11 is 0. The van der Waals surface area contributed by atoms with Gasteiger partial charge in [0.15, 0.2) is 0 Å². The van der Waals surface area contributed by atoms with E-state index in [0.717, 1.165) is 0 Å². The van der Waals surface area contributed by atoms with E-state index in [0.29, 0.717) is 19.4 Å². The number of carbonyl (C=O) groups excluding carboxylic acids is 3. The van der Waals surface area contributed by atoms with E-state index in [4.69, 9.17) is 22.3 Å². The molecule has 0 bridgehead atoms. The minimum absolute atomic E-state index is 0.243. The van der Waals surface area contributed by atoms with E-state index < -0.39 is 42.3 Å². The van der Waals surface area contributed by atoms with Crippen LogP contribution < -0.4 is 27.8 Å². The van der Waals surface area contributed by atoms with Crippen LogP contribution in [-0.4, -0.2) is 54.0 Å². The van der Waals surface area contributed by atoms with Crippen molar-refractivity contribution in [3.05, 3.63) is 0 Å². The van der Waals surface area contributed by atoms with Gasteiger partial charge in [-0.2, -0.15) is 0 Å². The Morgan fingerprint density at radius 3 is 2.27 bits per heavy atom. The molecule has 0 rings (SSSR count). The predicted molar refractivity (Wildman–Crippen MR) is 77.3 cm³/mol. The first-order chi connectivity index (χ1) is 10.3. The number of hydrogen-bond acceptors (Lipinski definition) is 6. The van der Waals surface area contributed by atoms with Crippen molar-refractivity contribution in [2.45, 2.75) is 37.8 Å². The third-order valence-electron chi connectivity index (χ3n) is 2.76. The van der Waals surface area contributed by atoms with E-state index in [1.54, 1.807) is 0 Å². The average molecular weight is 317 g/mol. The molecule has 0 aliphatic carbocycles. The highest BCUT2D eigenvalue weighted by Crippen LogP contribution is 2.00. The Hall–Kier alpha value is -2.20. The lowest BCUT2D eigenvalue weighted by molar-refractivity contribution is -0.142. The van der Waals surface area contributed by atoms with Gasteiger partial charge in [0.2, 0.25) is 17.7 Å². The zero-order valence-electron chi connectivity index (χ0n) is 12.2. The second-order valence-corrected chi connectivity index (χ2v) is 4.74. The van der Waals surface area contributed by atoms with Crippen molar-refractivity contribution in [1.82, 2.24) is 10.6 Å². The summed E-state index contributed by atoms with van der Waals surface area (Å²) in [6, 6.07) is -2.19. The maximum absolute atomic E-state index is 11.6.